The van der Waals surface area contributed by atoms with Crippen molar-refractivity contribution in [2.45, 2.75) is 51.5 Å². The Morgan fingerprint density at radius 3 is 1.36 bits per heavy atom. The van der Waals surface area contributed by atoms with Crippen LogP contribution in [-0.2, 0) is 5.54 Å². The Balaban J connectivity index is 0.980. The monoisotopic (exact) mass is 929 g/mol. The Bertz CT molecular complexity index is 3610. The van der Waals surface area contributed by atoms with Gasteiger partial charge in [0.1, 0.15) is 0 Å². The molecule has 0 spiro atoms. The van der Waals surface area contributed by atoms with Gasteiger partial charge in [-0.2, -0.15) is 0 Å². The zero-order valence-corrected chi connectivity index (χ0v) is 41.2. The molecule has 0 fully saturated rings. The predicted molar refractivity (Wildman–Crippen MR) is 306 cm³/mol. The summed E-state index contributed by atoms with van der Waals surface area (Å²) >= 11 is 0. The highest BCUT2D eigenvalue weighted by Crippen LogP contribution is 2.53. The van der Waals surface area contributed by atoms with Gasteiger partial charge in [0, 0.05) is 33.5 Å². The number of anilines is 3. The predicted octanol–water partition coefficient (Wildman–Crippen LogP) is 18.7. The molecule has 1 N–H and O–H groups in total. The van der Waals surface area contributed by atoms with E-state index in [1.165, 1.54) is 94.3 Å². The van der Waals surface area contributed by atoms with Crippen molar-refractivity contribution in [2.75, 3.05) is 11.4 Å². The number of unbranched alkanes of at least 4 members (excludes halogenated alkanes) is 2. The first-order valence-electron chi connectivity index (χ1n) is 26.0. The van der Waals surface area contributed by atoms with E-state index in [4.69, 9.17) is 0 Å². The number of fused-ring (bicyclic) bond motifs is 6. The van der Waals surface area contributed by atoms with Gasteiger partial charge in [0.25, 0.3) is 0 Å². The van der Waals surface area contributed by atoms with Gasteiger partial charge in [0.2, 0.25) is 0 Å². The summed E-state index contributed by atoms with van der Waals surface area (Å²) in [6, 6.07) is 89.6. The van der Waals surface area contributed by atoms with Crippen LogP contribution in [0.3, 0.4) is 0 Å². The Labute approximate surface area is 424 Å². The second-order valence-corrected chi connectivity index (χ2v) is 19.4. The lowest BCUT2D eigenvalue weighted by Crippen LogP contribution is -2.42. The molecule has 1 aliphatic carbocycles. The molecule has 11 aromatic rings. The van der Waals surface area contributed by atoms with E-state index in [9.17, 15) is 0 Å². The van der Waals surface area contributed by atoms with Crippen LogP contribution in [-0.4, -0.2) is 11.1 Å². The Kier molecular flexibility index (Phi) is 12.2. The summed E-state index contributed by atoms with van der Waals surface area (Å²) in [5.41, 5.74) is 21.7. The maximum Gasteiger partial charge on any atom is 0.0704 e. The van der Waals surface area contributed by atoms with Crippen molar-refractivity contribution in [2.24, 2.45) is 0 Å². The van der Waals surface area contributed by atoms with Crippen molar-refractivity contribution in [3.05, 3.63) is 254 Å². The van der Waals surface area contributed by atoms with Gasteiger partial charge in [-0.15, -0.1) is 0 Å². The number of aromatic nitrogens is 1. The molecule has 0 saturated carbocycles. The third-order valence-electron chi connectivity index (χ3n) is 15.1. The summed E-state index contributed by atoms with van der Waals surface area (Å²) in [4.78, 5) is 2.45. The van der Waals surface area contributed by atoms with E-state index < -0.39 is 0 Å². The average molecular weight is 930 g/mol. The lowest BCUT2D eigenvalue weighted by Gasteiger charge is -2.35. The minimum Gasteiger partial charge on any atom is -0.310 e. The van der Waals surface area contributed by atoms with Gasteiger partial charge in [-0.25, -0.2) is 0 Å². The normalized spacial score (nSPS) is 13.9. The topological polar surface area (TPSA) is 20.2 Å². The van der Waals surface area contributed by atoms with Gasteiger partial charge in [-0.05, 0) is 153 Å². The molecule has 0 radical (unpaired) electrons. The van der Waals surface area contributed by atoms with Crippen LogP contribution < -0.4 is 10.2 Å². The molecule has 0 aliphatic heterocycles. The van der Waals surface area contributed by atoms with Gasteiger partial charge in [-0.3, -0.25) is 0 Å². The Morgan fingerprint density at radius 1 is 0.375 bits per heavy atom. The third kappa shape index (κ3) is 8.20. The molecule has 10 aromatic carbocycles. The molecule has 72 heavy (non-hydrogen) atoms. The summed E-state index contributed by atoms with van der Waals surface area (Å²) in [5.74, 6) is 0. The van der Waals surface area contributed by atoms with Crippen LogP contribution in [0, 0.1) is 0 Å². The lowest BCUT2D eigenvalue weighted by atomic mass is 9.82. The summed E-state index contributed by atoms with van der Waals surface area (Å²) < 4.78 is 2.47. The van der Waals surface area contributed by atoms with Crippen molar-refractivity contribution < 1.29 is 0 Å². The molecule has 0 amide bonds. The quantitative estimate of drug-likeness (QED) is 0.103. The van der Waals surface area contributed by atoms with Gasteiger partial charge in [-0.1, -0.05) is 209 Å². The Morgan fingerprint density at radius 2 is 0.806 bits per heavy atom. The number of hydrogen-bond donors (Lipinski definition) is 1. The molecule has 1 heterocycles. The van der Waals surface area contributed by atoms with Crippen molar-refractivity contribution in [1.82, 2.24) is 9.88 Å². The zero-order valence-electron chi connectivity index (χ0n) is 41.2. The fourth-order valence-electron chi connectivity index (χ4n) is 11.4. The van der Waals surface area contributed by atoms with E-state index in [2.05, 4.69) is 271 Å². The summed E-state index contributed by atoms with van der Waals surface area (Å²) in [6.45, 7) is 5.56. The fraction of sp³-hybridized carbons (Fsp3) is 0.130. The number of rotatable bonds is 15. The zero-order chi connectivity index (χ0) is 48.4. The van der Waals surface area contributed by atoms with Crippen LogP contribution >= 0.6 is 0 Å². The molecule has 1 aliphatic rings. The minimum absolute atomic E-state index is 0.379. The molecule has 12 rings (SSSR count). The van der Waals surface area contributed by atoms with Crippen molar-refractivity contribution in [3.8, 4) is 61.3 Å². The first-order valence-corrected chi connectivity index (χ1v) is 26.0. The van der Waals surface area contributed by atoms with Crippen molar-refractivity contribution in [3.63, 3.8) is 0 Å². The SMILES string of the molecule is CCCCNC1(CCCC)c2cc(N(c3ccc(-c4ccc(-c5ccccc5)cc4)cc3)c3ccc(-c4cccc(-c5ccccc5)c4)cc3)ccc2-c2ccc(-n3c4ccccc4c4ccccc43)cc21. The van der Waals surface area contributed by atoms with Gasteiger partial charge in [0.05, 0.1) is 16.6 Å². The average Bonchev–Trinajstić information content (AvgIpc) is 3.93. The number of hydrogen-bond acceptors (Lipinski definition) is 2. The summed E-state index contributed by atoms with van der Waals surface area (Å²) in [6.07, 6.45) is 5.46. The highest BCUT2D eigenvalue weighted by Gasteiger charge is 2.43. The molecular weight excluding hydrogens is 871 g/mol. The molecule has 3 heteroatoms. The third-order valence-corrected chi connectivity index (χ3v) is 15.1. The molecule has 0 saturated heterocycles. The van der Waals surface area contributed by atoms with Crippen LogP contribution in [0.25, 0.3) is 83.1 Å². The maximum absolute atomic E-state index is 4.29. The first kappa shape index (κ1) is 44.9. The summed E-state index contributed by atoms with van der Waals surface area (Å²) in [5, 5.41) is 6.85. The highest BCUT2D eigenvalue weighted by atomic mass is 15.1. The number of para-hydroxylation sites is 2. The van der Waals surface area contributed by atoms with E-state index in [0.29, 0.717) is 0 Å². The van der Waals surface area contributed by atoms with Gasteiger partial charge < -0.3 is 14.8 Å². The molecule has 1 atom stereocenters. The molecule has 350 valence electrons. The Hall–Kier alpha value is -8.24. The smallest absolute Gasteiger partial charge is 0.0704 e. The largest absolute Gasteiger partial charge is 0.310 e. The second-order valence-electron chi connectivity index (χ2n) is 19.4. The van der Waals surface area contributed by atoms with E-state index in [1.54, 1.807) is 0 Å². The maximum atomic E-state index is 4.29. The van der Waals surface area contributed by atoms with Crippen LogP contribution in [0.4, 0.5) is 17.1 Å². The highest BCUT2D eigenvalue weighted by molar-refractivity contribution is 6.09. The van der Waals surface area contributed by atoms with E-state index >= 15 is 0 Å². The van der Waals surface area contributed by atoms with E-state index in [0.717, 1.165) is 55.7 Å². The van der Waals surface area contributed by atoms with Crippen LogP contribution in [0.2, 0.25) is 0 Å². The number of benzene rings is 10. The molecular formula is C69H59N3. The molecule has 0 bridgehead atoms. The van der Waals surface area contributed by atoms with Gasteiger partial charge in [0.15, 0.2) is 0 Å². The van der Waals surface area contributed by atoms with Crippen molar-refractivity contribution in [1.29, 1.82) is 0 Å². The van der Waals surface area contributed by atoms with Gasteiger partial charge >= 0.3 is 0 Å². The fourth-order valence-corrected chi connectivity index (χ4v) is 11.4. The molecule has 1 unspecified atom stereocenters. The van der Waals surface area contributed by atoms with E-state index in [1.807, 2.05) is 0 Å². The first-order chi connectivity index (χ1) is 35.6. The standard InChI is InChI=1S/C69H59N3/c1-3-5-44-69(70-45-6-4-2)65-47-59(40-42-61(65)62-43-41-60(48-66(62)69)72-67-26-15-13-24-63(67)64-25-14-16-27-68(64)72)71(57-36-32-53(33-37-57)52-30-28-51(29-31-52)49-18-9-7-10-19-49)58-38-34-54(35-39-58)56-23-17-22-55(46-56)50-20-11-8-12-21-50/h7-43,46-48,70H,3-6,44-45H2,1-2H3. The van der Waals surface area contributed by atoms with Crippen LogP contribution in [0.5, 0.6) is 0 Å². The van der Waals surface area contributed by atoms with Crippen LogP contribution in [0.1, 0.15) is 57.1 Å². The molecule has 1 aromatic heterocycles. The second kappa shape index (κ2) is 19.5. The van der Waals surface area contributed by atoms with Crippen LogP contribution in [0.15, 0.2) is 243 Å². The number of nitrogens with one attached hydrogen (secondary N) is 1. The van der Waals surface area contributed by atoms with E-state index in [-0.39, 0.29) is 5.54 Å². The van der Waals surface area contributed by atoms with Crippen molar-refractivity contribution >= 4 is 38.9 Å². The molecule has 3 nitrogen and oxygen atoms in total. The summed E-state index contributed by atoms with van der Waals surface area (Å²) in [7, 11) is 0. The lowest BCUT2D eigenvalue weighted by molar-refractivity contribution is 0.366. The number of nitrogens with zero attached hydrogens (tertiary/aromatic N) is 2. The minimum atomic E-state index is -0.379.